The lowest BCUT2D eigenvalue weighted by Crippen LogP contribution is -2.44. The highest BCUT2D eigenvalue weighted by atomic mass is 19.4. The van der Waals surface area contributed by atoms with Crippen molar-refractivity contribution in [2.75, 3.05) is 31.6 Å². The number of alkyl halides is 6. The van der Waals surface area contributed by atoms with E-state index in [1.807, 2.05) is 43.3 Å². The Hall–Kier alpha value is -4.53. The van der Waals surface area contributed by atoms with Gasteiger partial charge < -0.3 is 14.5 Å². The minimum Gasteiger partial charge on any atom is -0.466 e. The van der Waals surface area contributed by atoms with Crippen LogP contribution in [0.2, 0.25) is 0 Å². The number of carbonyl (C=O) groups is 1. The molecular formula is C36H43F6N7O2. The molecule has 0 amide bonds. The van der Waals surface area contributed by atoms with Crippen molar-refractivity contribution >= 4 is 17.7 Å². The van der Waals surface area contributed by atoms with Gasteiger partial charge in [0, 0.05) is 57.0 Å². The van der Waals surface area contributed by atoms with Crippen molar-refractivity contribution in [3.8, 4) is 11.1 Å². The molecule has 0 saturated heterocycles. The molecule has 9 nitrogen and oxygen atoms in total. The molecule has 2 N–H and O–H groups in total. The normalized spacial score (nSPS) is 18.1. The molecule has 15 heteroatoms. The first-order valence-electron chi connectivity index (χ1n) is 17.0. The van der Waals surface area contributed by atoms with E-state index in [0.717, 1.165) is 54.5 Å². The second-order valence-electron chi connectivity index (χ2n) is 13.0. The molecule has 5 rings (SSSR count). The molecule has 2 aliphatic rings. The van der Waals surface area contributed by atoms with Crippen LogP contribution in [0.1, 0.15) is 68.2 Å². The minimum atomic E-state index is -4.98. The lowest BCUT2D eigenvalue weighted by molar-refractivity contribution is -0.145. The predicted molar refractivity (Wildman–Crippen MR) is 181 cm³/mol. The SMILES string of the molecule is CCOC(=O)CC1CCC(CN(CC)c2ncc(-c3ccccc3)cc2CN(Cc2cc(C(F)(F)F)cc(C(F)(F)F)c2)C2=NNN(C)N2)CC1. The van der Waals surface area contributed by atoms with Crippen LogP contribution in [0.25, 0.3) is 11.1 Å². The van der Waals surface area contributed by atoms with Gasteiger partial charge in [-0.1, -0.05) is 30.3 Å². The van der Waals surface area contributed by atoms with Crippen LogP contribution in [0.5, 0.6) is 0 Å². The van der Waals surface area contributed by atoms with Gasteiger partial charge in [-0.05, 0) is 86.8 Å². The summed E-state index contributed by atoms with van der Waals surface area (Å²) in [5, 5.41) is 5.68. The van der Waals surface area contributed by atoms with Gasteiger partial charge in [0.05, 0.1) is 17.7 Å². The fourth-order valence-electron chi connectivity index (χ4n) is 6.65. The Balaban J connectivity index is 1.47. The number of rotatable bonds is 12. The Labute approximate surface area is 293 Å². The number of halogens is 6. The number of carbonyl (C=O) groups excluding carboxylic acids is 1. The number of hydrazone groups is 1. The number of anilines is 1. The van der Waals surface area contributed by atoms with Crippen molar-refractivity contribution in [1.82, 2.24) is 26.0 Å². The molecule has 2 aromatic carbocycles. The maximum atomic E-state index is 13.8. The average molecular weight is 720 g/mol. The summed E-state index contributed by atoms with van der Waals surface area (Å²) < 4.78 is 87.9. The predicted octanol–water partition coefficient (Wildman–Crippen LogP) is 7.60. The third-order valence-electron chi connectivity index (χ3n) is 9.19. The highest BCUT2D eigenvalue weighted by Gasteiger charge is 2.37. The monoisotopic (exact) mass is 719 g/mol. The van der Waals surface area contributed by atoms with Crippen LogP contribution in [0, 0.1) is 11.8 Å². The molecule has 1 aliphatic heterocycles. The zero-order valence-corrected chi connectivity index (χ0v) is 28.8. The van der Waals surface area contributed by atoms with E-state index in [9.17, 15) is 31.1 Å². The first-order valence-corrected chi connectivity index (χ1v) is 17.0. The summed E-state index contributed by atoms with van der Waals surface area (Å²) in [6, 6.07) is 13.1. The number of aromatic nitrogens is 1. The van der Waals surface area contributed by atoms with Gasteiger partial charge in [0.1, 0.15) is 5.82 Å². The molecule has 0 unspecified atom stereocenters. The summed E-state index contributed by atoms with van der Waals surface area (Å²) >= 11 is 0. The maximum Gasteiger partial charge on any atom is 0.416 e. The molecule has 51 heavy (non-hydrogen) atoms. The lowest BCUT2D eigenvalue weighted by Gasteiger charge is -2.34. The zero-order valence-electron chi connectivity index (χ0n) is 28.8. The van der Waals surface area contributed by atoms with Crippen molar-refractivity contribution in [2.45, 2.75) is 71.4 Å². The van der Waals surface area contributed by atoms with E-state index in [0.29, 0.717) is 37.9 Å². The van der Waals surface area contributed by atoms with Crippen LogP contribution in [0.15, 0.2) is 65.9 Å². The number of benzene rings is 2. The van der Waals surface area contributed by atoms with E-state index in [2.05, 4.69) is 21.0 Å². The number of hydrazine groups is 2. The van der Waals surface area contributed by atoms with Crippen LogP contribution < -0.4 is 15.9 Å². The van der Waals surface area contributed by atoms with Gasteiger partial charge in [-0.2, -0.15) is 26.3 Å². The molecule has 1 aliphatic carbocycles. The largest absolute Gasteiger partial charge is 0.466 e. The molecule has 3 aromatic rings. The average Bonchev–Trinajstić information content (AvgIpc) is 3.53. The van der Waals surface area contributed by atoms with Crippen LogP contribution >= 0.6 is 0 Å². The number of guanidine groups is 1. The van der Waals surface area contributed by atoms with Crippen molar-refractivity contribution in [2.24, 2.45) is 16.9 Å². The van der Waals surface area contributed by atoms with E-state index in [1.54, 1.807) is 25.1 Å². The van der Waals surface area contributed by atoms with E-state index in [-0.39, 0.29) is 42.6 Å². The number of nitrogens with one attached hydrogen (secondary N) is 2. The fourth-order valence-corrected chi connectivity index (χ4v) is 6.65. The first-order chi connectivity index (χ1) is 24.2. The number of pyridine rings is 1. The smallest absolute Gasteiger partial charge is 0.416 e. The summed E-state index contributed by atoms with van der Waals surface area (Å²) in [5.74, 6) is 1.32. The topological polar surface area (TPSA) is 85.3 Å². The summed E-state index contributed by atoms with van der Waals surface area (Å²) in [6.45, 7) is 5.22. The molecule has 1 saturated carbocycles. The second kappa shape index (κ2) is 16.2. The third kappa shape index (κ3) is 10.0. The van der Waals surface area contributed by atoms with Gasteiger partial charge in [-0.3, -0.25) is 10.2 Å². The molecule has 0 radical (unpaired) electrons. The van der Waals surface area contributed by atoms with E-state index in [1.165, 1.54) is 5.12 Å². The zero-order chi connectivity index (χ0) is 36.8. The summed E-state index contributed by atoms with van der Waals surface area (Å²) in [5.41, 5.74) is 5.16. The fraction of sp³-hybridized carbons (Fsp3) is 0.472. The Bertz CT molecular complexity index is 1630. The highest BCUT2D eigenvalue weighted by Crippen LogP contribution is 2.38. The van der Waals surface area contributed by atoms with Gasteiger partial charge in [0.25, 0.3) is 0 Å². The molecule has 0 atom stereocenters. The maximum absolute atomic E-state index is 13.8. The van der Waals surface area contributed by atoms with Gasteiger partial charge in [-0.25, -0.2) is 10.5 Å². The molecule has 0 bridgehead atoms. The summed E-state index contributed by atoms with van der Waals surface area (Å²) in [7, 11) is 1.63. The molecular weight excluding hydrogens is 676 g/mol. The van der Waals surface area contributed by atoms with Crippen molar-refractivity contribution in [1.29, 1.82) is 0 Å². The highest BCUT2D eigenvalue weighted by molar-refractivity contribution is 5.80. The minimum absolute atomic E-state index is 0.0603. The first kappa shape index (κ1) is 37.7. The molecule has 1 fully saturated rings. The number of ether oxygens (including phenoxy) is 1. The Morgan fingerprint density at radius 3 is 2.10 bits per heavy atom. The van der Waals surface area contributed by atoms with E-state index >= 15 is 0 Å². The number of nitrogens with zero attached hydrogens (tertiary/aromatic N) is 5. The standard InChI is InChI=1S/C36H43F6N7O2/c1-4-48(21-25-13-11-24(12-14-25)17-32(50)51-5-2)33-29(18-28(20-43-33)27-9-7-6-8-10-27)23-49(34-44-46-47(3)45-34)22-26-15-30(35(37,38)39)19-31(16-26)36(40,41)42/h6-10,15-16,18-20,24-25,46H,4-5,11-14,17,21-23H2,1-3H3,(H,44,45). The van der Waals surface area contributed by atoms with Gasteiger partial charge in [-0.15, -0.1) is 10.2 Å². The molecule has 276 valence electrons. The second-order valence-corrected chi connectivity index (χ2v) is 13.0. The Kier molecular flexibility index (Phi) is 12.0. The molecule has 1 aromatic heterocycles. The van der Waals surface area contributed by atoms with E-state index < -0.39 is 23.5 Å². The number of hydrogen-bond acceptors (Lipinski definition) is 9. The van der Waals surface area contributed by atoms with Gasteiger partial charge >= 0.3 is 18.3 Å². The Morgan fingerprint density at radius 2 is 1.53 bits per heavy atom. The Morgan fingerprint density at radius 1 is 0.882 bits per heavy atom. The third-order valence-corrected chi connectivity index (χ3v) is 9.19. The van der Waals surface area contributed by atoms with Crippen LogP contribution in [0.4, 0.5) is 32.2 Å². The van der Waals surface area contributed by atoms with Gasteiger partial charge in [0.15, 0.2) is 0 Å². The molecule has 2 heterocycles. The number of hydrogen-bond donors (Lipinski definition) is 2. The van der Waals surface area contributed by atoms with Crippen molar-refractivity contribution in [3.05, 3.63) is 83.0 Å². The van der Waals surface area contributed by atoms with Crippen molar-refractivity contribution in [3.63, 3.8) is 0 Å². The van der Waals surface area contributed by atoms with Crippen LogP contribution in [-0.4, -0.2) is 53.7 Å². The summed E-state index contributed by atoms with van der Waals surface area (Å²) in [6.07, 6.45) is -4.09. The van der Waals surface area contributed by atoms with Crippen molar-refractivity contribution < 1.29 is 35.9 Å². The van der Waals surface area contributed by atoms with Crippen LogP contribution in [-0.2, 0) is 35.0 Å². The molecule has 0 spiro atoms. The summed E-state index contributed by atoms with van der Waals surface area (Å²) in [4.78, 5) is 20.7. The van der Waals surface area contributed by atoms with Crippen LogP contribution in [0.3, 0.4) is 0 Å². The number of esters is 1. The quantitative estimate of drug-likeness (QED) is 0.146. The van der Waals surface area contributed by atoms with E-state index in [4.69, 9.17) is 9.72 Å². The lowest BCUT2D eigenvalue weighted by atomic mass is 9.80. The van der Waals surface area contributed by atoms with Gasteiger partial charge in [0.2, 0.25) is 5.96 Å².